The zero-order valence-electron chi connectivity index (χ0n) is 17.1. The van der Waals surface area contributed by atoms with Crippen LogP contribution in [-0.4, -0.2) is 27.9 Å². The Morgan fingerprint density at radius 1 is 1.13 bits per heavy atom. The highest BCUT2D eigenvalue weighted by molar-refractivity contribution is 6.05. The number of nitro benzene ring substituents is 1. The number of halogens is 1. The van der Waals surface area contributed by atoms with Crippen LogP contribution >= 0.6 is 0 Å². The number of anilines is 1. The van der Waals surface area contributed by atoms with Gasteiger partial charge in [-0.05, 0) is 37.1 Å². The van der Waals surface area contributed by atoms with Crippen molar-refractivity contribution >= 4 is 34.2 Å². The van der Waals surface area contributed by atoms with Crippen LogP contribution in [0.25, 0.3) is 10.9 Å². The van der Waals surface area contributed by atoms with Gasteiger partial charge < -0.3 is 10.1 Å². The van der Waals surface area contributed by atoms with Gasteiger partial charge in [0, 0.05) is 22.8 Å². The number of rotatable bonds is 6. The molecule has 31 heavy (non-hydrogen) atoms. The fraction of sp³-hybridized carbons (Fsp3) is 0.227. The predicted octanol–water partition coefficient (Wildman–Crippen LogP) is 4.59. The largest absolute Gasteiger partial charge is 0.449 e. The van der Waals surface area contributed by atoms with Crippen LogP contribution in [0.1, 0.15) is 42.7 Å². The van der Waals surface area contributed by atoms with E-state index in [0.29, 0.717) is 16.6 Å². The van der Waals surface area contributed by atoms with E-state index in [-0.39, 0.29) is 17.2 Å². The lowest BCUT2D eigenvalue weighted by Crippen LogP contribution is -2.30. The molecule has 0 bridgehead atoms. The molecule has 1 aromatic heterocycles. The van der Waals surface area contributed by atoms with E-state index < -0.39 is 34.4 Å². The SMILES string of the molecule is CC(OC(=O)c1cc(C(C)C)nc2ccccc12)C(=O)Nc1ccc(F)c([N+](=O)[O-])c1. The molecule has 1 unspecified atom stereocenters. The van der Waals surface area contributed by atoms with Crippen LogP contribution in [0.2, 0.25) is 0 Å². The van der Waals surface area contributed by atoms with Gasteiger partial charge in [0.1, 0.15) is 0 Å². The first-order valence-corrected chi connectivity index (χ1v) is 9.53. The monoisotopic (exact) mass is 425 g/mol. The van der Waals surface area contributed by atoms with Crippen molar-refractivity contribution in [1.29, 1.82) is 0 Å². The molecular weight excluding hydrogens is 405 g/mol. The highest BCUT2D eigenvalue weighted by atomic mass is 19.1. The van der Waals surface area contributed by atoms with Crippen molar-refractivity contribution in [1.82, 2.24) is 4.98 Å². The average Bonchev–Trinajstić information content (AvgIpc) is 2.73. The van der Waals surface area contributed by atoms with Gasteiger partial charge in [-0.2, -0.15) is 4.39 Å². The molecule has 0 saturated carbocycles. The molecule has 0 aliphatic rings. The first-order chi connectivity index (χ1) is 14.7. The number of ether oxygens (including phenoxy) is 1. The maximum atomic E-state index is 13.5. The van der Waals surface area contributed by atoms with Gasteiger partial charge in [0.15, 0.2) is 6.10 Å². The van der Waals surface area contributed by atoms with E-state index >= 15 is 0 Å². The summed E-state index contributed by atoms with van der Waals surface area (Å²) in [6.07, 6.45) is -1.20. The number of nitrogens with zero attached hydrogens (tertiary/aromatic N) is 2. The summed E-state index contributed by atoms with van der Waals surface area (Å²) in [5, 5.41) is 13.8. The number of esters is 1. The van der Waals surface area contributed by atoms with Crippen molar-refractivity contribution in [3.8, 4) is 0 Å². The third-order valence-electron chi connectivity index (χ3n) is 4.61. The van der Waals surface area contributed by atoms with Crippen molar-refractivity contribution in [3.05, 3.63) is 75.7 Å². The van der Waals surface area contributed by atoms with Crippen LogP contribution in [0, 0.1) is 15.9 Å². The Hall–Kier alpha value is -3.88. The number of amides is 1. The minimum Gasteiger partial charge on any atom is -0.449 e. The zero-order chi connectivity index (χ0) is 22.7. The van der Waals surface area contributed by atoms with Crippen LogP contribution in [0.15, 0.2) is 48.5 Å². The van der Waals surface area contributed by atoms with Gasteiger partial charge in [0.2, 0.25) is 5.82 Å². The molecule has 0 radical (unpaired) electrons. The lowest BCUT2D eigenvalue weighted by Gasteiger charge is -2.15. The molecule has 1 heterocycles. The number of carbonyl (C=O) groups is 2. The number of benzene rings is 2. The van der Waals surface area contributed by atoms with Gasteiger partial charge in [-0.3, -0.25) is 19.9 Å². The molecule has 0 spiro atoms. The molecule has 0 fully saturated rings. The predicted molar refractivity (Wildman–Crippen MR) is 112 cm³/mol. The molecule has 0 aliphatic carbocycles. The topological polar surface area (TPSA) is 111 Å². The van der Waals surface area contributed by atoms with Gasteiger partial charge in [-0.1, -0.05) is 32.0 Å². The Bertz CT molecular complexity index is 1180. The Kier molecular flexibility index (Phi) is 6.24. The second-order valence-electron chi connectivity index (χ2n) is 7.23. The first-order valence-electron chi connectivity index (χ1n) is 9.53. The standard InChI is InChI=1S/C22H20FN3O5/c1-12(2)19-11-16(15-6-4-5-7-18(15)25-19)22(28)31-13(3)21(27)24-14-8-9-17(23)20(10-14)26(29)30/h4-13H,1-3H3,(H,24,27). The van der Waals surface area contributed by atoms with Crippen molar-refractivity contribution in [3.63, 3.8) is 0 Å². The van der Waals surface area contributed by atoms with Crippen molar-refractivity contribution < 1.29 is 23.6 Å². The Morgan fingerprint density at radius 2 is 1.84 bits per heavy atom. The van der Waals surface area contributed by atoms with Crippen LogP contribution < -0.4 is 5.32 Å². The second-order valence-corrected chi connectivity index (χ2v) is 7.23. The molecule has 8 nitrogen and oxygen atoms in total. The van der Waals surface area contributed by atoms with Crippen molar-refractivity contribution in [2.45, 2.75) is 32.8 Å². The molecule has 1 N–H and O–H groups in total. The highest BCUT2D eigenvalue weighted by Gasteiger charge is 2.23. The van der Waals surface area contributed by atoms with Gasteiger partial charge in [0.25, 0.3) is 5.91 Å². The fourth-order valence-electron chi connectivity index (χ4n) is 2.91. The maximum absolute atomic E-state index is 13.5. The molecule has 0 aliphatic heterocycles. The number of pyridine rings is 1. The summed E-state index contributed by atoms with van der Waals surface area (Å²) in [5.41, 5.74) is 0.869. The lowest BCUT2D eigenvalue weighted by molar-refractivity contribution is -0.387. The van der Waals surface area contributed by atoms with Crippen LogP contribution in [0.4, 0.5) is 15.8 Å². The van der Waals surface area contributed by atoms with Gasteiger partial charge >= 0.3 is 11.7 Å². The van der Waals surface area contributed by atoms with E-state index in [0.717, 1.165) is 12.1 Å². The summed E-state index contributed by atoms with van der Waals surface area (Å²) in [6, 6.07) is 11.7. The Balaban J connectivity index is 1.80. The van der Waals surface area contributed by atoms with Crippen molar-refractivity contribution in [2.24, 2.45) is 0 Å². The molecule has 3 aromatic rings. The molecule has 2 aromatic carbocycles. The first kappa shape index (κ1) is 21.8. The molecule has 1 atom stereocenters. The molecular formula is C22H20FN3O5. The molecule has 160 valence electrons. The minimum absolute atomic E-state index is 0.0115. The van der Waals surface area contributed by atoms with E-state index in [1.54, 1.807) is 24.3 Å². The number of nitrogens with one attached hydrogen (secondary N) is 1. The quantitative estimate of drug-likeness (QED) is 0.351. The number of hydrogen-bond donors (Lipinski definition) is 1. The van der Waals surface area contributed by atoms with Crippen molar-refractivity contribution in [2.75, 3.05) is 5.32 Å². The second kappa shape index (κ2) is 8.86. The highest BCUT2D eigenvalue weighted by Crippen LogP contribution is 2.24. The number of para-hydroxylation sites is 1. The molecule has 3 rings (SSSR count). The smallest absolute Gasteiger partial charge is 0.339 e. The van der Waals surface area contributed by atoms with E-state index in [1.165, 1.54) is 13.0 Å². The van der Waals surface area contributed by atoms with Gasteiger partial charge in [0.05, 0.1) is 16.0 Å². The van der Waals surface area contributed by atoms with E-state index in [2.05, 4.69) is 10.3 Å². The number of carbonyl (C=O) groups excluding carboxylic acids is 2. The number of aromatic nitrogens is 1. The molecule has 1 amide bonds. The summed E-state index contributed by atoms with van der Waals surface area (Å²) >= 11 is 0. The third kappa shape index (κ3) is 4.82. The zero-order valence-corrected chi connectivity index (χ0v) is 17.1. The van der Waals surface area contributed by atoms with Crippen LogP contribution in [0.5, 0.6) is 0 Å². The Morgan fingerprint density at radius 3 is 2.52 bits per heavy atom. The number of nitro groups is 1. The van der Waals surface area contributed by atoms with E-state index in [1.807, 2.05) is 19.9 Å². The van der Waals surface area contributed by atoms with E-state index in [9.17, 15) is 24.1 Å². The third-order valence-corrected chi connectivity index (χ3v) is 4.61. The number of hydrogen-bond acceptors (Lipinski definition) is 6. The maximum Gasteiger partial charge on any atom is 0.339 e. The molecule has 9 heteroatoms. The van der Waals surface area contributed by atoms with Crippen LogP contribution in [-0.2, 0) is 9.53 Å². The molecule has 0 saturated heterocycles. The minimum atomic E-state index is -1.20. The lowest BCUT2D eigenvalue weighted by atomic mass is 10.0. The van der Waals surface area contributed by atoms with Gasteiger partial charge in [-0.25, -0.2) is 4.79 Å². The summed E-state index contributed by atoms with van der Waals surface area (Å²) in [6.45, 7) is 5.27. The van der Waals surface area contributed by atoms with E-state index in [4.69, 9.17) is 4.74 Å². The summed E-state index contributed by atoms with van der Waals surface area (Å²) < 4.78 is 18.8. The summed E-state index contributed by atoms with van der Waals surface area (Å²) in [4.78, 5) is 39.7. The summed E-state index contributed by atoms with van der Waals surface area (Å²) in [5.74, 6) is -2.36. The number of fused-ring (bicyclic) bond motifs is 1. The normalized spacial score (nSPS) is 11.9. The van der Waals surface area contributed by atoms with Gasteiger partial charge in [-0.15, -0.1) is 0 Å². The summed E-state index contributed by atoms with van der Waals surface area (Å²) in [7, 11) is 0. The van der Waals surface area contributed by atoms with Crippen LogP contribution in [0.3, 0.4) is 0 Å². The Labute approximate surface area is 177 Å². The fourth-order valence-corrected chi connectivity index (χ4v) is 2.91. The average molecular weight is 425 g/mol.